The van der Waals surface area contributed by atoms with Crippen LogP contribution in [-0.4, -0.2) is 24.4 Å². The smallest absolute Gasteiger partial charge is 0.240 e. The molecule has 1 aliphatic rings. The largest absolute Gasteiger partial charge is 0.338 e. The second kappa shape index (κ2) is 5.47. The van der Waals surface area contributed by atoms with Crippen LogP contribution < -0.4 is 4.72 Å². The van der Waals surface area contributed by atoms with Crippen LogP contribution in [0.5, 0.6) is 0 Å². The molecule has 2 N–H and O–H groups in total. The maximum Gasteiger partial charge on any atom is 0.240 e. The van der Waals surface area contributed by atoms with Crippen molar-refractivity contribution >= 4 is 21.1 Å². The average molecular weight is 327 g/mol. The summed E-state index contributed by atoms with van der Waals surface area (Å²) in [5, 5.41) is 0. The van der Waals surface area contributed by atoms with Crippen molar-refractivity contribution in [1.82, 2.24) is 14.7 Å². The van der Waals surface area contributed by atoms with Gasteiger partial charge in [0, 0.05) is 11.6 Å². The lowest BCUT2D eigenvalue weighted by Gasteiger charge is -2.26. The molecule has 0 spiro atoms. The van der Waals surface area contributed by atoms with Crippen LogP contribution >= 0.6 is 0 Å². The predicted octanol–water partition coefficient (Wildman–Crippen LogP) is 3.06. The number of aromatic nitrogens is 2. The lowest BCUT2D eigenvalue weighted by molar-refractivity contribution is 0.383. The van der Waals surface area contributed by atoms with Crippen LogP contribution in [0.1, 0.15) is 19.3 Å². The molecule has 1 fully saturated rings. The van der Waals surface area contributed by atoms with Gasteiger partial charge < -0.3 is 4.98 Å². The lowest BCUT2D eigenvalue weighted by atomic mass is 9.94. The number of fused-ring (bicyclic) bond motifs is 1. The van der Waals surface area contributed by atoms with Crippen molar-refractivity contribution in [2.75, 3.05) is 0 Å². The molecule has 118 valence electrons. The van der Waals surface area contributed by atoms with Gasteiger partial charge in [-0.3, -0.25) is 0 Å². The number of sulfonamides is 1. The molecule has 1 aliphatic carbocycles. The van der Waals surface area contributed by atoms with E-state index in [2.05, 4.69) is 14.7 Å². The van der Waals surface area contributed by atoms with Crippen molar-refractivity contribution < 1.29 is 8.42 Å². The highest BCUT2D eigenvalue weighted by Gasteiger charge is 2.25. The van der Waals surface area contributed by atoms with Gasteiger partial charge in [0.25, 0.3) is 0 Å². The highest BCUT2D eigenvalue weighted by Crippen LogP contribution is 2.24. The molecule has 5 nitrogen and oxygen atoms in total. The fourth-order valence-electron chi connectivity index (χ4n) is 2.70. The Morgan fingerprint density at radius 3 is 2.57 bits per heavy atom. The number of benzene rings is 2. The van der Waals surface area contributed by atoms with Crippen LogP contribution in [0.25, 0.3) is 22.4 Å². The zero-order valence-corrected chi connectivity index (χ0v) is 13.3. The van der Waals surface area contributed by atoms with Crippen molar-refractivity contribution in [1.29, 1.82) is 0 Å². The Morgan fingerprint density at radius 1 is 1.09 bits per heavy atom. The fraction of sp³-hybridized carbons (Fsp3) is 0.235. The number of nitrogens with one attached hydrogen (secondary N) is 2. The Labute approximate surface area is 134 Å². The van der Waals surface area contributed by atoms with E-state index in [0.717, 1.165) is 41.7 Å². The Balaban J connectivity index is 1.70. The standard InChI is InChI=1S/C17H17N3O2S/c21-23(22,20-13-7-4-8-13)14-9-10-15-16(11-14)19-17(18-15)12-5-2-1-3-6-12/h1-3,5-6,9-11,13,20H,4,7-8H2,(H,18,19). The molecule has 6 heteroatoms. The molecule has 0 amide bonds. The van der Waals surface area contributed by atoms with Gasteiger partial charge in [-0.15, -0.1) is 0 Å². The summed E-state index contributed by atoms with van der Waals surface area (Å²) in [6.07, 6.45) is 2.93. The third-order valence-electron chi connectivity index (χ3n) is 4.24. The van der Waals surface area contributed by atoms with Crippen molar-refractivity contribution in [3.05, 3.63) is 48.5 Å². The molecular formula is C17H17N3O2S. The summed E-state index contributed by atoms with van der Waals surface area (Å²) < 4.78 is 27.6. The van der Waals surface area contributed by atoms with Gasteiger partial charge in [0.1, 0.15) is 5.82 Å². The molecule has 1 saturated carbocycles. The highest BCUT2D eigenvalue weighted by molar-refractivity contribution is 7.89. The topological polar surface area (TPSA) is 74.8 Å². The Morgan fingerprint density at radius 2 is 1.87 bits per heavy atom. The summed E-state index contributed by atoms with van der Waals surface area (Å²) in [5.74, 6) is 0.738. The van der Waals surface area contributed by atoms with E-state index in [1.54, 1.807) is 18.2 Å². The highest BCUT2D eigenvalue weighted by atomic mass is 32.2. The Kier molecular flexibility index (Phi) is 3.43. The van der Waals surface area contributed by atoms with E-state index in [1.807, 2.05) is 30.3 Å². The van der Waals surface area contributed by atoms with Gasteiger partial charge in [-0.1, -0.05) is 36.8 Å². The van der Waals surface area contributed by atoms with E-state index in [0.29, 0.717) is 0 Å². The SMILES string of the molecule is O=S(=O)(NC1CCC1)c1ccc2nc(-c3ccccc3)[nH]c2c1. The fourth-order valence-corrected chi connectivity index (χ4v) is 4.03. The van der Waals surface area contributed by atoms with Gasteiger partial charge in [0.15, 0.2) is 0 Å². The maximum atomic E-state index is 12.4. The van der Waals surface area contributed by atoms with Gasteiger partial charge in [-0.2, -0.15) is 0 Å². The maximum absolute atomic E-state index is 12.4. The summed E-state index contributed by atoms with van der Waals surface area (Å²) >= 11 is 0. The van der Waals surface area contributed by atoms with E-state index >= 15 is 0 Å². The first-order chi connectivity index (χ1) is 11.1. The first-order valence-corrected chi connectivity index (χ1v) is 9.18. The number of hydrogen-bond donors (Lipinski definition) is 2. The molecule has 0 saturated heterocycles. The van der Waals surface area contributed by atoms with E-state index in [-0.39, 0.29) is 10.9 Å². The normalized spacial score (nSPS) is 15.7. The molecule has 4 rings (SSSR count). The van der Waals surface area contributed by atoms with Gasteiger partial charge in [0.05, 0.1) is 15.9 Å². The molecule has 23 heavy (non-hydrogen) atoms. The summed E-state index contributed by atoms with van der Waals surface area (Å²) in [4.78, 5) is 8.00. The van der Waals surface area contributed by atoms with E-state index < -0.39 is 10.0 Å². The van der Waals surface area contributed by atoms with E-state index in [9.17, 15) is 8.42 Å². The number of imidazole rings is 1. The first kappa shape index (κ1) is 14.4. The Hall–Kier alpha value is -2.18. The van der Waals surface area contributed by atoms with E-state index in [4.69, 9.17) is 0 Å². The van der Waals surface area contributed by atoms with Crippen LogP contribution in [0.4, 0.5) is 0 Å². The van der Waals surface area contributed by atoms with Crippen molar-refractivity contribution in [2.45, 2.75) is 30.2 Å². The number of hydrogen-bond acceptors (Lipinski definition) is 3. The average Bonchev–Trinajstić information content (AvgIpc) is 2.95. The number of aromatic amines is 1. The minimum absolute atomic E-state index is 0.0809. The van der Waals surface area contributed by atoms with Gasteiger partial charge in [0.2, 0.25) is 10.0 Å². The summed E-state index contributed by atoms with van der Waals surface area (Å²) in [6, 6.07) is 14.9. The van der Waals surface area contributed by atoms with Crippen LogP contribution in [-0.2, 0) is 10.0 Å². The van der Waals surface area contributed by atoms with Crippen molar-refractivity contribution in [3.63, 3.8) is 0 Å². The molecule has 0 bridgehead atoms. The lowest BCUT2D eigenvalue weighted by Crippen LogP contribution is -2.39. The van der Waals surface area contributed by atoms with Crippen molar-refractivity contribution in [2.24, 2.45) is 0 Å². The second-order valence-electron chi connectivity index (χ2n) is 5.88. The van der Waals surface area contributed by atoms with Gasteiger partial charge >= 0.3 is 0 Å². The molecule has 0 atom stereocenters. The zero-order chi connectivity index (χ0) is 15.9. The number of rotatable bonds is 4. The summed E-state index contributed by atoms with van der Waals surface area (Å²) in [5.41, 5.74) is 2.45. The monoisotopic (exact) mass is 327 g/mol. The first-order valence-electron chi connectivity index (χ1n) is 7.69. The third-order valence-corrected chi connectivity index (χ3v) is 5.76. The van der Waals surface area contributed by atoms with Crippen LogP contribution in [0.15, 0.2) is 53.4 Å². The van der Waals surface area contributed by atoms with Crippen LogP contribution in [0, 0.1) is 0 Å². The van der Waals surface area contributed by atoms with Gasteiger partial charge in [-0.05, 0) is 31.0 Å². The predicted molar refractivity (Wildman–Crippen MR) is 89.5 cm³/mol. The van der Waals surface area contributed by atoms with E-state index in [1.165, 1.54) is 0 Å². The zero-order valence-electron chi connectivity index (χ0n) is 12.5. The minimum Gasteiger partial charge on any atom is -0.338 e. The number of H-pyrrole nitrogens is 1. The Bertz CT molecular complexity index is 944. The molecule has 0 aliphatic heterocycles. The van der Waals surface area contributed by atoms with Crippen molar-refractivity contribution in [3.8, 4) is 11.4 Å². The molecular weight excluding hydrogens is 310 g/mol. The molecule has 0 unspecified atom stereocenters. The third kappa shape index (κ3) is 2.75. The summed E-state index contributed by atoms with van der Waals surface area (Å²) in [7, 11) is -3.46. The second-order valence-corrected chi connectivity index (χ2v) is 7.59. The molecule has 2 aromatic carbocycles. The van der Waals surface area contributed by atoms with Crippen LogP contribution in [0.2, 0.25) is 0 Å². The molecule has 3 aromatic rings. The number of nitrogens with zero attached hydrogens (tertiary/aromatic N) is 1. The summed E-state index contributed by atoms with van der Waals surface area (Å²) in [6.45, 7) is 0. The minimum atomic E-state index is -3.46. The molecule has 0 radical (unpaired) electrons. The molecule has 1 aromatic heterocycles. The van der Waals surface area contributed by atoms with Crippen LogP contribution in [0.3, 0.4) is 0 Å². The molecule has 1 heterocycles. The van der Waals surface area contributed by atoms with Gasteiger partial charge in [-0.25, -0.2) is 18.1 Å². The quantitative estimate of drug-likeness (QED) is 0.773.